The molecule has 0 spiro atoms. The summed E-state index contributed by atoms with van der Waals surface area (Å²) >= 11 is 0. The van der Waals surface area contributed by atoms with Gasteiger partial charge in [0.1, 0.15) is 0 Å². The number of non-ortho nitro benzene ring substituents is 1. The van der Waals surface area contributed by atoms with Crippen molar-refractivity contribution in [3.63, 3.8) is 0 Å². The smallest absolute Gasteiger partial charge is 0.269 e. The Kier molecular flexibility index (Phi) is 5.24. The predicted molar refractivity (Wildman–Crippen MR) is 76.9 cm³/mol. The average Bonchev–Trinajstić information content (AvgIpc) is 2.49. The lowest BCUT2D eigenvalue weighted by Gasteiger charge is -2.34. The zero-order valence-electron chi connectivity index (χ0n) is 11.8. The topological polar surface area (TPSA) is 86.9 Å². The molecule has 2 rings (SSSR count). The maximum Gasteiger partial charge on any atom is 0.269 e. The Morgan fingerprint density at radius 2 is 1.81 bits per heavy atom. The quantitative estimate of drug-likeness (QED) is 0.622. The monoisotopic (exact) mass is 293 g/mol. The summed E-state index contributed by atoms with van der Waals surface area (Å²) in [5, 5.41) is 19.5. The van der Waals surface area contributed by atoms with Gasteiger partial charge in [0.05, 0.1) is 18.0 Å². The molecule has 1 aromatic carbocycles. The average molecular weight is 293 g/mol. The fourth-order valence-corrected chi connectivity index (χ4v) is 2.38. The summed E-state index contributed by atoms with van der Waals surface area (Å²) in [6.45, 7) is 3.64. The van der Waals surface area contributed by atoms with Crippen LogP contribution >= 0.6 is 0 Å². The molecule has 0 aliphatic carbocycles. The minimum absolute atomic E-state index is 0.0313. The number of rotatable bonds is 5. The molecule has 1 aliphatic rings. The Labute approximate surface area is 122 Å². The molecule has 0 aromatic heterocycles. The number of carbonyl (C=O) groups is 1. The molecule has 0 unspecified atom stereocenters. The number of carbonyl (C=O) groups excluding carboxylic acids is 1. The number of aliphatic hydroxyl groups excluding tert-OH is 1. The zero-order chi connectivity index (χ0) is 15.2. The van der Waals surface area contributed by atoms with Gasteiger partial charge in [0.15, 0.2) is 0 Å². The van der Waals surface area contributed by atoms with Crippen molar-refractivity contribution in [1.29, 1.82) is 0 Å². The van der Waals surface area contributed by atoms with Crippen LogP contribution in [0.25, 0.3) is 0 Å². The van der Waals surface area contributed by atoms with Gasteiger partial charge in [-0.1, -0.05) is 12.1 Å². The Bertz CT molecular complexity index is 495. The number of benzene rings is 1. The number of nitro benzene ring substituents is 1. The van der Waals surface area contributed by atoms with Gasteiger partial charge in [-0.2, -0.15) is 0 Å². The van der Waals surface area contributed by atoms with Crippen LogP contribution in [0.5, 0.6) is 0 Å². The first-order valence-electron chi connectivity index (χ1n) is 6.94. The highest BCUT2D eigenvalue weighted by atomic mass is 16.6. The summed E-state index contributed by atoms with van der Waals surface area (Å²) in [5.74, 6) is 0.0347. The molecule has 1 aromatic rings. The van der Waals surface area contributed by atoms with Crippen molar-refractivity contribution in [1.82, 2.24) is 9.80 Å². The SMILES string of the molecule is O=C(Cc1ccc([N+](=O)[O-])cc1)N1CCN(CCO)CC1. The molecule has 7 heteroatoms. The third kappa shape index (κ3) is 4.24. The summed E-state index contributed by atoms with van der Waals surface area (Å²) in [6.07, 6.45) is 0.262. The molecule has 114 valence electrons. The van der Waals surface area contributed by atoms with Crippen molar-refractivity contribution in [3.05, 3.63) is 39.9 Å². The second kappa shape index (κ2) is 7.14. The van der Waals surface area contributed by atoms with Crippen molar-refractivity contribution < 1.29 is 14.8 Å². The number of hydrogen-bond donors (Lipinski definition) is 1. The van der Waals surface area contributed by atoms with Crippen molar-refractivity contribution in [2.45, 2.75) is 6.42 Å². The van der Waals surface area contributed by atoms with E-state index in [0.29, 0.717) is 19.6 Å². The number of hydrogen-bond acceptors (Lipinski definition) is 5. The van der Waals surface area contributed by atoms with Gasteiger partial charge in [-0.25, -0.2) is 0 Å². The molecule has 1 saturated heterocycles. The van der Waals surface area contributed by atoms with Gasteiger partial charge >= 0.3 is 0 Å². The first kappa shape index (κ1) is 15.4. The number of aliphatic hydroxyl groups is 1. The van der Waals surface area contributed by atoms with E-state index in [9.17, 15) is 14.9 Å². The lowest BCUT2D eigenvalue weighted by molar-refractivity contribution is -0.384. The fraction of sp³-hybridized carbons (Fsp3) is 0.500. The molecule has 0 bridgehead atoms. The second-order valence-electron chi connectivity index (χ2n) is 5.05. The van der Waals surface area contributed by atoms with Crippen molar-refractivity contribution in [2.24, 2.45) is 0 Å². The van der Waals surface area contributed by atoms with Crippen LogP contribution in [0.4, 0.5) is 5.69 Å². The molecule has 7 nitrogen and oxygen atoms in total. The summed E-state index contributed by atoms with van der Waals surface area (Å²) < 4.78 is 0. The number of β-amino-alcohol motifs (C(OH)–C–C–N with tert-alkyl or cyclic N) is 1. The number of piperazine rings is 1. The maximum atomic E-state index is 12.2. The van der Waals surface area contributed by atoms with E-state index in [0.717, 1.165) is 18.7 Å². The minimum Gasteiger partial charge on any atom is -0.395 e. The standard InChI is InChI=1S/C14H19N3O4/c18-10-9-15-5-7-16(8-6-15)14(19)11-12-1-3-13(4-2-12)17(20)21/h1-4,18H,5-11H2. The summed E-state index contributed by atoms with van der Waals surface area (Å²) in [6, 6.07) is 6.08. The van der Waals surface area contributed by atoms with Gasteiger partial charge in [-0.15, -0.1) is 0 Å². The van der Waals surface area contributed by atoms with Crippen LogP contribution in [0, 0.1) is 10.1 Å². The van der Waals surface area contributed by atoms with Gasteiger partial charge in [-0.3, -0.25) is 19.8 Å². The van der Waals surface area contributed by atoms with Crippen LogP contribution in [0.2, 0.25) is 0 Å². The van der Waals surface area contributed by atoms with Crippen LogP contribution < -0.4 is 0 Å². The van der Waals surface area contributed by atoms with Crippen molar-refractivity contribution >= 4 is 11.6 Å². The summed E-state index contributed by atoms with van der Waals surface area (Å²) in [7, 11) is 0. The Balaban J connectivity index is 1.86. The van der Waals surface area contributed by atoms with E-state index < -0.39 is 4.92 Å². The Morgan fingerprint density at radius 1 is 1.19 bits per heavy atom. The van der Waals surface area contributed by atoms with Crippen LogP contribution in [-0.2, 0) is 11.2 Å². The number of nitrogens with zero attached hydrogens (tertiary/aromatic N) is 3. The largest absolute Gasteiger partial charge is 0.395 e. The van der Waals surface area contributed by atoms with Gasteiger partial charge in [0.25, 0.3) is 5.69 Å². The molecule has 1 heterocycles. The van der Waals surface area contributed by atoms with Crippen LogP contribution in [-0.4, -0.2) is 65.1 Å². The van der Waals surface area contributed by atoms with Gasteiger partial charge in [0.2, 0.25) is 5.91 Å². The van der Waals surface area contributed by atoms with Crippen molar-refractivity contribution in [3.8, 4) is 0 Å². The van der Waals surface area contributed by atoms with E-state index in [2.05, 4.69) is 4.90 Å². The molecule has 21 heavy (non-hydrogen) atoms. The third-order valence-corrected chi connectivity index (χ3v) is 3.64. The highest BCUT2D eigenvalue weighted by molar-refractivity contribution is 5.79. The van der Waals surface area contributed by atoms with E-state index in [1.54, 1.807) is 17.0 Å². The van der Waals surface area contributed by atoms with Gasteiger partial charge in [-0.05, 0) is 5.56 Å². The highest BCUT2D eigenvalue weighted by Crippen LogP contribution is 2.13. The lowest BCUT2D eigenvalue weighted by atomic mass is 10.1. The van der Waals surface area contributed by atoms with Gasteiger partial charge < -0.3 is 10.0 Å². The number of amides is 1. The normalized spacial score (nSPS) is 16.0. The second-order valence-corrected chi connectivity index (χ2v) is 5.05. The Hall–Kier alpha value is -1.99. The van der Waals surface area contributed by atoms with Crippen LogP contribution in [0.1, 0.15) is 5.56 Å². The third-order valence-electron chi connectivity index (χ3n) is 3.64. The minimum atomic E-state index is -0.452. The molecule has 1 N–H and O–H groups in total. The molecular weight excluding hydrogens is 274 g/mol. The zero-order valence-corrected chi connectivity index (χ0v) is 11.8. The molecule has 0 radical (unpaired) electrons. The molecular formula is C14H19N3O4. The van der Waals surface area contributed by atoms with E-state index in [4.69, 9.17) is 5.11 Å². The maximum absolute atomic E-state index is 12.2. The van der Waals surface area contributed by atoms with Crippen molar-refractivity contribution in [2.75, 3.05) is 39.3 Å². The number of nitro groups is 1. The lowest BCUT2D eigenvalue weighted by Crippen LogP contribution is -2.49. The first-order chi connectivity index (χ1) is 10.1. The summed E-state index contributed by atoms with van der Waals surface area (Å²) in [5.41, 5.74) is 0.812. The predicted octanol–water partition coefficient (Wildman–Crippen LogP) is 0.274. The molecule has 0 atom stereocenters. The molecule has 0 saturated carbocycles. The molecule has 1 fully saturated rings. The summed E-state index contributed by atoms with van der Waals surface area (Å²) in [4.78, 5) is 26.2. The van der Waals surface area contributed by atoms with Crippen LogP contribution in [0.3, 0.4) is 0 Å². The van der Waals surface area contributed by atoms with E-state index in [1.165, 1.54) is 12.1 Å². The van der Waals surface area contributed by atoms with E-state index in [1.807, 2.05) is 0 Å². The van der Waals surface area contributed by atoms with Crippen LogP contribution in [0.15, 0.2) is 24.3 Å². The first-order valence-corrected chi connectivity index (χ1v) is 6.94. The Morgan fingerprint density at radius 3 is 2.33 bits per heavy atom. The molecule has 1 amide bonds. The molecule has 1 aliphatic heterocycles. The highest BCUT2D eigenvalue weighted by Gasteiger charge is 2.20. The van der Waals surface area contributed by atoms with Gasteiger partial charge in [0, 0.05) is 44.9 Å². The van der Waals surface area contributed by atoms with E-state index >= 15 is 0 Å². The van der Waals surface area contributed by atoms with E-state index in [-0.39, 0.29) is 24.6 Å². The fourth-order valence-electron chi connectivity index (χ4n) is 2.38.